The molecule has 6 heteroatoms. The van der Waals surface area contributed by atoms with Crippen molar-refractivity contribution in [3.05, 3.63) is 59.4 Å². The lowest BCUT2D eigenvalue weighted by atomic mass is 10.2. The van der Waals surface area contributed by atoms with Gasteiger partial charge in [-0.1, -0.05) is 17.7 Å². The number of carbonyl (C=O) groups excluding carboxylic acids is 1. The minimum Gasteiger partial charge on any atom is -0.329 e. The van der Waals surface area contributed by atoms with Crippen LogP contribution in [0.4, 0.5) is 5.69 Å². The van der Waals surface area contributed by atoms with E-state index in [1.807, 2.05) is 36.7 Å². The maximum Gasteiger partial charge on any atom is 0.255 e. The molecule has 1 aromatic heterocycles. The summed E-state index contributed by atoms with van der Waals surface area (Å²) in [6.07, 6.45) is 4.46. The average Bonchev–Trinajstić information content (AvgIpc) is 3.29. The van der Waals surface area contributed by atoms with Gasteiger partial charge in [0.2, 0.25) is 0 Å². The standard InChI is InChI=1S/C20H21ClN4O/c21-16-4-3-5-17(13-16)23-20(26)15-6-7-19-18(12-15)22-14-25(19)11-10-24-8-1-2-9-24/h3-7,12-14H,1-2,8-11H2,(H,23,26). The number of halogens is 1. The molecule has 0 bridgehead atoms. The van der Waals surface area contributed by atoms with Crippen molar-refractivity contribution in [2.24, 2.45) is 0 Å². The summed E-state index contributed by atoms with van der Waals surface area (Å²) in [7, 11) is 0. The number of hydrogen-bond acceptors (Lipinski definition) is 3. The van der Waals surface area contributed by atoms with Crippen molar-refractivity contribution < 1.29 is 4.79 Å². The number of amides is 1. The summed E-state index contributed by atoms with van der Waals surface area (Å²) in [6.45, 7) is 4.36. The van der Waals surface area contributed by atoms with E-state index in [9.17, 15) is 4.79 Å². The van der Waals surface area contributed by atoms with E-state index in [2.05, 4.69) is 19.8 Å². The number of aromatic nitrogens is 2. The van der Waals surface area contributed by atoms with Gasteiger partial charge in [-0.05, 0) is 62.3 Å². The molecule has 1 fully saturated rings. The van der Waals surface area contributed by atoms with Gasteiger partial charge in [-0.2, -0.15) is 0 Å². The number of nitrogens with one attached hydrogen (secondary N) is 1. The Balaban J connectivity index is 1.48. The number of hydrogen-bond donors (Lipinski definition) is 1. The number of likely N-dealkylation sites (tertiary alicyclic amines) is 1. The number of benzene rings is 2. The zero-order chi connectivity index (χ0) is 17.9. The van der Waals surface area contributed by atoms with Gasteiger partial charge in [0.15, 0.2) is 0 Å². The van der Waals surface area contributed by atoms with Crippen LogP contribution in [0.1, 0.15) is 23.2 Å². The molecule has 5 nitrogen and oxygen atoms in total. The van der Waals surface area contributed by atoms with Crippen molar-refractivity contribution in [2.45, 2.75) is 19.4 Å². The molecular weight excluding hydrogens is 348 g/mol. The Morgan fingerprint density at radius 3 is 2.77 bits per heavy atom. The molecule has 0 radical (unpaired) electrons. The van der Waals surface area contributed by atoms with E-state index >= 15 is 0 Å². The normalized spacial score (nSPS) is 14.8. The van der Waals surface area contributed by atoms with Gasteiger partial charge >= 0.3 is 0 Å². The van der Waals surface area contributed by atoms with Crippen LogP contribution in [0.2, 0.25) is 5.02 Å². The molecular formula is C20H21ClN4O. The van der Waals surface area contributed by atoms with Gasteiger partial charge < -0.3 is 14.8 Å². The summed E-state index contributed by atoms with van der Waals surface area (Å²) in [5, 5.41) is 3.46. The Morgan fingerprint density at radius 1 is 1.12 bits per heavy atom. The predicted molar refractivity (Wildman–Crippen MR) is 105 cm³/mol. The third kappa shape index (κ3) is 3.74. The fourth-order valence-corrected chi connectivity index (χ4v) is 3.60. The molecule has 4 rings (SSSR count). The highest BCUT2D eigenvalue weighted by atomic mass is 35.5. The molecule has 1 N–H and O–H groups in total. The van der Waals surface area contributed by atoms with Crippen LogP contribution in [0.5, 0.6) is 0 Å². The molecule has 1 aliphatic heterocycles. The third-order valence-corrected chi connectivity index (χ3v) is 5.06. The lowest BCUT2D eigenvalue weighted by Gasteiger charge is -2.15. The largest absolute Gasteiger partial charge is 0.329 e. The van der Waals surface area contributed by atoms with Crippen LogP contribution in [-0.2, 0) is 6.54 Å². The van der Waals surface area contributed by atoms with E-state index in [0.29, 0.717) is 16.3 Å². The van der Waals surface area contributed by atoms with Gasteiger partial charge in [0.05, 0.1) is 17.4 Å². The molecule has 0 saturated carbocycles. The van der Waals surface area contributed by atoms with Crippen LogP contribution in [0.25, 0.3) is 11.0 Å². The number of imidazole rings is 1. The Labute approximate surface area is 157 Å². The summed E-state index contributed by atoms with van der Waals surface area (Å²) >= 11 is 5.96. The van der Waals surface area contributed by atoms with Crippen molar-refractivity contribution in [3.8, 4) is 0 Å². The van der Waals surface area contributed by atoms with Crippen LogP contribution < -0.4 is 5.32 Å². The first kappa shape index (κ1) is 17.1. The Bertz CT molecular complexity index is 930. The SMILES string of the molecule is O=C(Nc1cccc(Cl)c1)c1ccc2c(c1)ncn2CCN1CCCC1. The predicted octanol–water partition coefficient (Wildman–Crippen LogP) is 4.04. The molecule has 1 amide bonds. The fourth-order valence-electron chi connectivity index (χ4n) is 3.41. The molecule has 26 heavy (non-hydrogen) atoms. The Morgan fingerprint density at radius 2 is 1.96 bits per heavy atom. The first-order chi connectivity index (χ1) is 12.7. The topological polar surface area (TPSA) is 50.2 Å². The second-order valence-corrected chi connectivity index (χ2v) is 7.09. The van der Waals surface area contributed by atoms with Gasteiger partial charge in [-0.15, -0.1) is 0 Å². The zero-order valence-corrected chi connectivity index (χ0v) is 15.2. The van der Waals surface area contributed by atoms with Crippen molar-refractivity contribution in [1.29, 1.82) is 0 Å². The lowest BCUT2D eigenvalue weighted by molar-refractivity contribution is 0.102. The fraction of sp³-hybridized carbons (Fsp3) is 0.300. The smallest absolute Gasteiger partial charge is 0.255 e. The Kier molecular flexibility index (Phi) is 4.91. The molecule has 2 aromatic carbocycles. The van der Waals surface area contributed by atoms with Crippen LogP contribution in [0.15, 0.2) is 48.8 Å². The summed E-state index contributed by atoms with van der Waals surface area (Å²) in [5.41, 5.74) is 3.16. The highest BCUT2D eigenvalue weighted by molar-refractivity contribution is 6.31. The number of nitrogens with zero attached hydrogens (tertiary/aromatic N) is 3. The van der Waals surface area contributed by atoms with Gasteiger partial charge in [-0.25, -0.2) is 4.98 Å². The molecule has 2 heterocycles. The van der Waals surface area contributed by atoms with Gasteiger partial charge in [0.25, 0.3) is 5.91 Å². The van der Waals surface area contributed by atoms with Gasteiger partial charge in [0, 0.05) is 29.4 Å². The second-order valence-electron chi connectivity index (χ2n) is 6.65. The molecule has 0 aliphatic carbocycles. The summed E-state index contributed by atoms with van der Waals surface area (Å²) in [5.74, 6) is -0.166. The first-order valence-corrected chi connectivity index (χ1v) is 9.31. The minimum absolute atomic E-state index is 0.166. The Hall–Kier alpha value is -2.37. The van der Waals surface area contributed by atoms with Crippen LogP contribution in [0.3, 0.4) is 0 Å². The van der Waals surface area contributed by atoms with Gasteiger partial charge in [-0.3, -0.25) is 4.79 Å². The molecule has 134 valence electrons. The molecule has 1 aliphatic rings. The van der Waals surface area contributed by atoms with Gasteiger partial charge in [0.1, 0.15) is 0 Å². The van der Waals surface area contributed by atoms with Crippen LogP contribution >= 0.6 is 11.6 Å². The second kappa shape index (κ2) is 7.48. The highest BCUT2D eigenvalue weighted by Crippen LogP contribution is 2.19. The molecule has 0 spiro atoms. The lowest BCUT2D eigenvalue weighted by Crippen LogP contribution is -2.23. The van der Waals surface area contributed by atoms with Crippen molar-refractivity contribution in [1.82, 2.24) is 14.5 Å². The number of rotatable bonds is 5. The average molecular weight is 369 g/mol. The van der Waals surface area contributed by atoms with E-state index in [1.54, 1.807) is 12.1 Å². The maximum absolute atomic E-state index is 12.5. The van der Waals surface area contributed by atoms with Crippen molar-refractivity contribution >= 4 is 34.2 Å². The zero-order valence-electron chi connectivity index (χ0n) is 14.5. The highest BCUT2D eigenvalue weighted by Gasteiger charge is 2.13. The molecule has 3 aromatic rings. The summed E-state index contributed by atoms with van der Waals surface area (Å²) < 4.78 is 2.16. The quantitative estimate of drug-likeness (QED) is 0.739. The first-order valence-electron chi connectivity index (χ1n) is 8.93. The van der Waals surface area contributed by atoms with E-state index in [-0.39, 0.29) is 5.91 Å². The monoisotopic (exact) mass is 368 g/mol. The molecule has 0 atom stereocenters. The van der Waals surface area contributed by atoms with Crippen LogP contribution in [-0.4, -0.2) is 40.0 Å². The summed E-state index contributed by atoms with van der Waals surface area (Å²) in [4.78, 5) is 19.4. The minimum atomic E-state index is -0.166. The van der Waals surface area contributed by atoms with Crippen molar-refractivity contribution in [3.63, 3.8) is 0 Å². The number of anilines is 1. The molecule has 1 saturated heterocycles. The number of fused-ring (bicyclic) bond motifs is 1. The van der Waals surface area contributed by atoms with E-state index in [4.69, 9.17) is 11.6 Å². The van der Waals surface area contributed by atoms with Crippen molar-refractivity contribution in [2.75, 3.05) is 25.0 Å². The molecule has 0 unspecified atom stereocenters. The van der Waals surface area contributed by atoms with E-state index in [0.717, 1.165) is 24.1 Å². The van der Waals surface area contributed by atoms with E-state index in [1.165, 1.54) is 25.9 Å². The third-order valence-electron chi connectivity index (χ3n) is 4.82. The van der Waals surface area contributed by atoms with E-state index < -0.39 is 0 Å². The maximum atomic E-state index is 12.5. The van der Waals surface area contributed by atoms with Crippen LogP contribution in [0, 0.1) is 0 Å². The number of carbonyl (C=O) groups is 1. The summed E-state index contributed by atoms with van der Waals surface area (Å²) in [6, 6.07) is 12.8.